The molecule has 0 saturated heterocycles. The molecular weight excluding hydrogens is 343 g/mol. The highest BCUT2D eigenvalue weighted by Gasteiger charge is 2.19. The molecular formula is C14H8F3N5OS. The van der Waals surface area contributed by atoms with Crippen molar-refractivity contribution in [1.29, 1.82) is 5.41 Å². The third-order valence-corrected chi connectivity index (χ3v) is 3.71. The predicted octanol–water partition coefficient (Wildman–Crippen LogP) is 2.90. The number of nitrogen functional groups attached to an aromatic ring is 1. The summed E-state index contributed by atoms with van der Waals surface area (Å²) in [5.74, 6) is -1.89. The van der Waals surface area contributed by atoms with E-state index in [-0.39, 0.29) is 46.0 Å². The van der Waals surface area contributed by atoms with E-state index in [0.717, 1.165) is 16.2 Å². The molecule has 2 aromatic heterocycles. The molecule has 3 rings (SSSR count). The highest BCUT2D eigenvalue weighted by Crippen LogP contribution is 2.24. The first-order valence-electron chi connectivity index (χ1n) is 6.42. The number of anilines is 1. The van der Waals surface area contributed by atoms with Crippen LogP contribution in [-0.2, 0) is 0 Å². The number of aromatic nitrogens is 3. The molecule has 3 aromatic rings. The van der Waals surface area contributed by atoms with Gasteiger partial charge in [0.2, 0.25) is 0 Å². The van der Waals surface area contributed by atoms with Gasteiger partial charge in [-0.3, -0.25) is 10.2 Å². The van der Waals surface area contributed by atoms with E-state index >= 15 is 0 Å². The number of nitrogens with one attached hydrogen (secondary N) is 1. The van der Waals surface area contributed by atoms with Gasteiger partial charge in [-0.25, -0.2) is 22.7 Å². The Morgan fingerprint density at radius 2 is 2.12 bits per heavy atom. The second-order valence-electron chi connectivity index (χ2n) is 4.75. The van der Waals surface area contributed by atoms with E-state index in [9.17, 15) is 17.5 Å². The van der Waals surface area contributed by atoms with Gasteiger partial charge in [-0.15, -0.1) is 3.89 Å². The van der Waals surface area contributed by atoms with Crippen molar-refractivity contribution in [3.63, 3.8) is 0 Å². The zero-order valence-electron chi connectivity index (χ0n) is 11.8. The molecule has 6 nitrogen and oxygen atoms in total. The van der Waals surface area contributed by atoms with Crippen LogP contribution in [0, 0.1) is 17.0 Å². The van der Waals surface area contributed by atoms with Crippen molar-refractivity contribution < 1.29 is 17.5 Å². The number of carbonyl (C=O) groups is 1. The Kier molecular flexibility index (Phi) is 3.97. The lowest BCUT2D eigenvalue weighted by molar-refractivity contribution is 0.112. The van der Waals surface area contributed by atoms with E-state index in [1.54, 1.807) is 0 Å². The molecule has 0 aliphatic carbocycles. The first-order chi connectivity index (χ1) is 11.5. The maximum atomic E-state index is 13.9. The Labute approximate surface area is 137 Å². The van der Waals surface area contributed by atoms with Gasteiger partial charge in [-0.05, 0) is 6.07 Å². The van der Waals surface area contributed by atoms with Crippen LogP contribution in [0.25, 0.3) is 11.2 Å². The molecule has 3 N–H and O–H groups in total. The van der Waals surface area contributed by atoms with Crippen LogP contribution in [0.4, 0.5) is 18.4 Å². The van der Waals surface area contributed by atoms with Crippen LogP contribution in [0.1, 0.15) is 21.6 Å². The number of rotatable bonds is 4. The summed E-state index contributed by atoms with van der Waals surface area (Å²) in [4.78, 5) is 19.1. The van der Waals surface area contributed by atoms with Crippen LogP contribution in [0.15, 0.2) is 24.5 Å². The van der Waals surface area contributed by atoms with Crippen molar-refractivity contribution in [2.45, 2.75) is 0 Å². The summed E-state index contributed by atoms with van der Waals surface area (Å²) in [6, 6.07) is 1.48. The SMILES string of the molecule is N=C(c1cnc2c(n1)c(C=O)cn2SF)c1c(N)cc(F)cc1F. The lowest BCUT2D eigenvalue weighted by atomic mass is 10.0. The van der Waals surface area contributed by atoms with Crippen molar-refractivity contribution in [2.75, 3.05) is 5.73 Å². The zero-order valence-corrected chi connectivity index (χ0v) is 12.6. The minimum Gasteiger partial charge on any atom is -0.398 e. The smallest absolute Gasteiger partial charge is 0.171 e. The molecule has 24 heavy (non-hydrogen) atoms. The highest BCUT2D eigenvalue weighted by atomic mass is 32.2. The average Bonchev–Trinajstić information content (AvgIpc) is 2.90. The Balaban J connectivity index is 2.16. The molecule has 2 heterocycles. The normalized spacial score (nSPS) is 11.0. The van der Waals surface area contributed by atoms with Gasteiger partial charge >= 0.3 is 0 Å². The molecule has 0 atom stereocenters. The van der Waals surface area contributed by atoms with Crippen LogP contribution < -0.4 is 5.73 Å². The lowest BCUT2D eigenvalue weighted by Crippen LogP contribution is -2.11. The third kappa shape index (κ3) is 2.50. The van der Waals surface area contributed by atoms with Crippen molar-refractivity contribution in [2.24, 2.45) is 0 Å². The largest absolute Gasteiger partial charge is 0.398 e. The van der Waals surface area contributed by atoms with Gasteiger partial charge < -0.3 is 5.73 Å². The summed E-state index contributed by atoms with van der Waals surface area (Å²) in [6.07, 6.45) is 2.78. The minimum atomic E-state index is -1.02. The molecule has 0 radical (unpaired) electrons. The van der Waals surface area contributed by atoms with Crippen LogP contribution in [0.5, 0.6) is 0 Å². The topological polar surface area (TPSA) is 97.6 Å². The van der Waals surface area contributed by atoms with Crippen LogP contribution in [0.3, 0.4) is 0 Å². The fraction of sp³-hybridized carbons (Fsp3) is 0. The molecule has 0 bridgehead atoms. The first kappa shape index (κ1) is 16.0. The van der Waals surface area contributed by atoms with Crippen molar-refractivity contribution in [3.8, 4) is 0 Å². The molecule has 0 aliphatic heterocycles. The molecule has 0 unspecified atom stereocenters. The highest BCUT2D eigenvalue weighted by molar-refractivity contribution is 7.92. The Morgan fingerprint density at radius 1 is 1.38 bits per heavy atom. The van der Waals surface area contributed by atoms with Crippen LogP contribution in [0.2, 0.25) is 0 Å². The predicted molar refractivity (Wildman–Crippen MR) is 83.7 cm³/mol. The molecule has 0 fully saturated rings. The third-order valence-electron chi connectivity index (χ3n) is 3.28. The molecule has 0 saturated carbocycles. The van der Waals surface area contributed by atoms with Gasteiger partial charge in [0.1, 0.15) is 22.8 Å². The van der Waals surface area contributed by atoms with Crippen molar-refractivity contribution in [1.82, 2.24) is 13.9 Å². The van der Waals surface area contributed by atoms with Crippen LogP contribution in [-0.4, -0.2) is 25.9 Å². The number of fused-ring (bicyclic) bond motifs is 1. The number of benzene rings is 1. The average molecular weight is 351 g/mol. The van der Waals surface area contributed by atoms with Gasteiger partial charge in [-0.1, -0.05) is 0 Å². The number of nitrogens with zero attached hydrogens (tertiary/aromatic N) is 3. The Morgan fingerprint density at radius 3 is 2.75 bits per heavy atom. The fourth-order valence-electron chi connectivity index (χ4n) is 2.23. The maximum absolute atomic E-state index is 13.9. The molecule has 0 amide bonds. The number of nitrogens with two attached hydrogens (primary N) is 1. The maximum Gasteiger partial charge on any atom is 0.171 e. The minimum absolute atomic E-state index is 0.0542. The molecule has 0 aliphatic rings. The quantitative estimate of drug-likeness (QED) is 0.428. The van der Waals surface area contributed by atoms with E-state index in [1.165, 1.54) is 6.20 Å². The number of hydrogen-bond donors (Lipinski definition) is 2. The van der Waals surface area contributed by atoms with Gasteiger partial charge in [0.25, 0.3) is 0 Å². The van der Waals surface area contributed by atoms with E-state index in [4.69, 9.17) is 11.1 Å². The molecule has 10 heteroatoms. The summed E-state index contributed by atoms with van der Waals surface area (Å²) >= 11 is -0.168. The summed E-state index contributed by atoms with van der Waals surface area (Å²) in [5.41, 5.74) is 4.63. The van der Waals surface area contributed by atoms with E-state index in [2.05, 4.69) is 9.97 Å². The van der Waals surface area contributed by atoms with Crippen molar-refractivity contribution in [3.05, 3.63) is 53.0 Å². The second-order valence-corrected chi connectivity index (χ2v) is 5.28. The summed E-state index contributed by atoms with van der Waals surface area (Å²) in [7, 11) is 0. The number of aldehydes is 1. The number of halogens is 3. The number of carbonyl (C=O) groups excluding carboxylic acids is 1. The summed E-state index contributed by atoms with van der Waals surface area (Å²) in [6.45, 7) is 0. The van der Waals surface area contributed by atoms with E-state index in [0.29, 0.717) is 12.4 Å². The Bertz CT molecular complexity index is 965. The van der Waals surface area contributed by atoms with Crippen LogP contribution >= 0.6 is 12.3 Å². The van der Waals surface area contributed by atoms with E-state index < -0.39 is 17.3 Å². The summed E-state index contributed by atoms with van der Waals surface area (Å²) < 4.78 is 40.9. The van der Waals surface area contributed by atoms with Gasteiger partial charge in [-0.2, -0.15) is 0 Å². The van der Waals surface area contributed by atoms with Gasteiger partial charge in [0.05, 0.1) is 23.0 Å². The molecule has 0 spiro atoms. The second kappa shape index (κ2) is 5.96. The zero-order chi connectivity index (χ0) is 17.4. The Hall–Kier alpha value is -2.88. The van der Waals surface area contributed by atoms with E-state index in [1.807, 2.05) is 0 Å². The molecule has 122 valence electrons. The first-order valence-corrected chi connectivity index (χ1v) is 7.09. The molecule has 1 aromatic carbocycles. The van der Waals surface area contributed by atoms with Gasteiger partial charge in [0.15, 0.2) is 24.3 Å². The standard InChI is InChI=1S/C14H8F3N5OS/c15-7-1-8(16)11(9(18)2-7)12(19)10-3-20-14-13(21-10)6(5-23)4-22(14)24-17/h1-5,19H,18H2. The van der Waals surface area contributed by atoms with Gasteiger partial charge in [0, 0.05) is 18.0 Å². The van der Waals surface area contributed by atoms with Crippen molar-refractivity contribution >= 4 is 41.2 Å². The fourth-order valence-corrected chi connectivity index (χ4v) is 2.58. The monoisotopic (exact) mass is 351 g/mol. The lowest BCUT2D eigenvalue weighted by Gasteiger charge is -2.09. The number of hydrogen-bond acceptors (Lipinski definition) is 6. The summed E-state index contributed by atoms with van der Waals surface area (Å²) in [5, 5.41) is 8.06.